The van der Waals surface area contributed by atoms with Crippen LogP contribution < -0.4 is 16.5 Å². The number of likely N-dealkylation sites (tertiary alicyclic amines) is 1. The van der Waals surface area contributed by atoms with Crippen LogP contribution in [-0.2, 0) is 33.5 Å². The number of ether oxygens (including phenoxy) is 2. The SMILES string of the molecule is CC[C@H](C)[C@@H]([C@@H](CC(=O)N1CCC[C@H]1[C@H](OC)[C@@H](C)C(=O)N[C@@H](CC1=CC=CCC1)c1nccs1)OC)N(C)C(=O)[C@@H](NC(=O)[C@H](C(C)C)N(C)CCCCCCON)C(C)C. The number of amides is 4. The van der Waals surface area contributed by atoms with Crippen LogP contribution in [0, 0.1) is 23.7 Å². The highest BCUT2D eigenvalue weighted by molar-refractivity contribution is 7.09. The fourth-order valence-corrected chi connectivity index (χ4v) is 10.0. The maximum Gasteiger partial charge on any atom is 0.245 e. The van der Waals surface area contributed by atoms with Crippen LogP contribution in [0.15, 0.2) is 35.4 Å². The van der Waals surface area contributed by atoms with Crippen LogP contribution in [0.3, 0.4) is 0 Å². The standard InChI is InChI=1S/C47H81N7O7S/c1-12-33(6)42(53(9)47(58)40(31(2)3)51-45(57)41(32(4)5)52(8)25-18-13-14-19-27-61-48)38(59-10)30-39(55)54-26-20-23-37(54)43(60-11)34(7)44(56)50-36(46-49-24-28-62-46)29-35-21-16-15-17-22-35/h15-16,21,24,28,31-34,36-38,40-43H,12-14,17-20,22-23,25-27,29-30,48H2,1-11H3,(H,50,56)(H,51,57)/t33-,34+,36-,37-,38+,40-,41-,42-,43+/m0/s1. The quantitative estimate of drug-likeness (QED) is 0.0630. The number of thiazole rings is 1. The summed E-state index contributed by atoms with van der Waals surface area (Å²) in [4.78, 5) is 71.8. The zero-order valence-corrected chi connectivity index (χ0v) is 40.6. The van der Waals surface area contributed by atoms with E-state index in [1.165, 1.54) is 16.9 Å². The number of unbranched alkanes of at least 4 members (excludes halogenated alkanes) is 3. The molecule has 0 spiro atoms. The molecular formula is C47H81N7O7S. The number of hydrogen-bond acceptors (Lipinski definition) is 11. The summed E-state index contributed by atoms with van der Waals surface area (Å²) in [5, 5.41) is 9.21. The van der Waals surface area contributed by atoms with Crippen LogP contribution in [0.25, 0.3) is 0 Å². The Bertz CT molecular complexity index is 1570. The molecular weight excluding hydrogens is 807 g/mol. The zero-order valence-electron chi connectivity index (χ0n) is 39.8. The predicted molar refractivity (Wildman–Crippen MR) is 247 cm³/mol. The average molecular weight is 888 g/mol. The normalized spacial score (nSPS) is 19.4. The molecule has 14 nitrogen and oxygen atoms in total. The number of carbonyl (C=O) groups excluding carboxylic acids is 4. The van der Waals surface area contributed by atoms with E-state index in [2.05, 4.69) is 57.4 Å². The van der Waals surface area contributed by atoms with Gasteiger partial charge in [-0.2, -0.15) is 0 Å². The van der Waals surface area contributed by atoms with Crippen LogP contribution in [0.2, 0.25) is 0 Å². The lowest BCUT2D eigenvalue weighted by atomic mass is 9.89. The Morgan fingerprint density at radius 2 is 1.71 bits per heavy atom. The molecule has 1 aliphatic heterocycles. The molecule has 0 saturated carbocycles. The van der Waals surface area contributed by atoms with Gasteiger partial charge in [0.05, 0.1) is 55.3 Å². The monoisotopic (exact) mass is 888 g/mol. The molecule has 2 heterocycles. The van der Waals surface area contributed by atoms with Crippen molar-refractivity contribution in [3.63, 3.8) is 0 Å². The van der Waals surface area contributed by atoms with Crippen LogP contribution >= 0.6 is 11.3 Å². The van der Waals surface area contributed by atoms with Crippen molar-refractivity contribution >= 4 is 35.0 Å². The molecule has 2 aliphatic rings. The summed E-state index contributed by atoms with van der Waals surface area (Å²) >= 11 is 1.53. The second-order valence-corrected chi connectivity index (χ2v) is 19.1. The molecule has 1 aromatic heterocycles. The average Bonchev–Trinajstić information content (AvgIpc) is 3.97. The Morgan fingerprint density at radius 1 is 0.984 bits per heavy atom. The fraction of sp³-hybridized carbons (Fsp3) is 0.766. The van der Waals surface area contributed by atoms with E-state index in [1.54, 1.807) is 32.4 Å². The number of hydrogen-bond donors (Lipinski definition) is 3. The van der Waals surface area contributed by atoms with E-state index < -0.39 is 36.3 Å². The van der Waals surface area contributed by atoms with E-state index in [1.807, 2.05) is 51.9 Å². The van der Waals surface area contributed by atoms with Gasteiger partial charge < -0.3 is 34.7 Å². The maximum atomic E-state index is 14.5. The molecule has 4 N–H and O–H groups in total. The highest BCUT2D eigenvalue weighted by Gasteiger charge is 2.43. The second kappa shape index (κ2) is 27.2. The Morgan fingerprint density at radius 3 is 2.29 bits per heavy atom. The fourth-order valence-electron chi connectivity index (χ4n) is 9.32. The van der Waals surface area contributed by atoms with Gasteiger partial charge in [-0.1, -0.05) is 91.5 Å². The Labute approximate surface area is 377 Å². The molecule has 0 bridgehead atoms. The number of likely N-dealkylation sites (N-methyl/N-ethyl adjacent to an activating group) is 2. The lowest BCUT2D eigenvalue weighted by Gasteiger charge is -2.41. The molecule has 62 heavy (non-hydrogen) atoms. The van der Waals surface area contributed by atoms with Crippen molar-refractivity contribution in [2.24, 2.45) is 29.6 Å². The molecule has 15 heteroatoms. The van der Waals surface area contributed by atoms with Gasteiger partial charge in [0.2, 0.25) is 23.6 Å². The first kappa shape index (κ1) is 53.1. The van der Waals surface area contributed by atoms with Crippen molar-refractivity contribution in [2.45, 2.75) is 162 Å². The molecule has 1 aliphatic carbocycles. The van der Waals surface area contributed by atoms with E-state index in [4.69, 9.17) is 15.4 Å². The second-order valence-electron chi connectivity index (χ2n) is 18.2. The zero-order chi connectivity index (χ0) is 45.9. The van der Waals surface area contributed by atoms with Gasteiger partial charge in [-0.05, 0) is 76.3 Å². The van der Waals surface area contributed by atoms with Gasteiger partial charge in [-0.15, -0.1) is 11.3 Å². The van der Waals surface area contributed by atoms with Crippen molar-refractivity contribution < 1.29 is 33.5 Å². The van der Waals surface area contributed by atoms with Crippen molar-refractivity contribution in [3.8, 4) is 0 Å². The van der Waals surface area contributed by atoms with Gasteiger partial charge in [0.1, 0.15) is 11.0 Å². The first-order chi connectivity index (χ1) is 29.6. The largest absolute Gasteiger partial charge is 0.379 e. The van der Waals surface area contributed by atoms with Crippen LogP contribution in [-0.4, -0.2) is 128 Å². The molecule has 3 rings (SSSR count). The number of aromatic nitrogens is 1. The van der Waals surface area contributed by atoms with Crippen molar-refractivity contribution in [1.82, 2.24) is 30.3 Å². The Balaban J connectivity index is 1.75. The number of nitrogens with one attached hydrogen (secondary N) is 2. The van der Waals surface area contributed by atoms with Crippen molar-refractivity contribution in [3.05, 3.63) is 40.4 Å². The molecule has 4 amide bonds. The lowest BCUT2D eigenvalue weighted by molar-refractivity contribution is -0.148. The highest BCUT2D eigenvalue weighted by atomic mass is 32.1. The number of methoxy groups -OCH3 is 2. The number of nitrogens with two attached hydrogens (primary N) is 1. The third-order valence-electron chi connectivity index (χ3n) is 13.0. The smallest absolute Gasteiger partial charge is 0.245 e. The minimum atomic E-state index is -0.775. The predicted octanol–water partition coefficient (Wildman–Crippen LogP) is 6.44. The summed E-state index contributed by atoms with van der Waals surface area (Å²) in [6, 6.07) is -2.20. The molecule has 0 radical (unpaired) electrons. The third kappa shape index (κ3) is 15.2. The van der Waals surface area contributed by atoms with E-state index in [0.717, 1.165) is 62.9 Å². The summed E-state index contributed by atoms with van der Waals surface area (Å²) in [5.41, 5.74) is 1.27. The van der Waals surface area contributed by atoms with E-state index in [-0.39, 0.29) is 59.9 Å². The minimum absolute atomic E-state index is 0.0211. The summed E-state index contributed by atoms with van der Waals surface area (Å²) in [6.45, 7) is 15.8. The summed E-state index contributed by atoms with van der Waals surface area (Å²) in [6.07, 6.45) is 15.7. The van der Waals surface area contributed by atoms with Gasteiger partial charge in [-0.3, -0.25) is 24.1 Å². The highest BCUT2D eigenvalue weighted by Crippen LogP contribution is 2.32. The number of rotatable bonds is 28. The van der Waals surface area contributed by atoms with Gasteiger partial charge in [0.15, 0.2) is 0 Å². The summed E-state index contributed by atoms with van der Waals surface area (Å²) in [5.74, 6) is 3.78. The van der Waals surface area contributed by atoms with Crippen LogP contribution in [0.1, 0.15) is 130 Å². The molecule has 352 valence electrons. The number of allylic oxidation sites excluding steroid dienone is 3. The van der Waals surface area contributed by atoms with Gasteiger partial charge in [0, 0.05) is 39.4 Å². The van der Waals surface area contributed by atoms with E-state index in [9.17, 15) is 19.2 Å². The molecule has 9 atom stereocenters. The van der Waals surface area contributed by atoms with Gasteiger partial charge in [0.25, 0.3) is 0 Å². The number of nitrogens with zero attached hydrogens (tertiary/aromatic N) is 4. The maximum absolute atomic E-state index is 14.5. The molecule has 1 saturated heterocycles. The van der Waals surface area contributed by atoms with E-state index >= 15 is 0 Å². The van der Waals surface area contributed by atoms with Crippen LogP contribution in [0.5, 0.6) is 0 Å². The van der Waals surface area contributed by atoms with Crippen molar-refractivity contribution in [2.75, 3.05) is 48.0 Å². The van der Waals surface area contributed by atoms with Crippen molar-refractivity contribution in [1.29, 1.82) is 0 Å². The third-order valence-corrected chi connectivity index (χ3v) is 13.9. The summed E-state index contributed by atoms with van der Waals surface area (Å²) < 4.78 is 12.2. The summed E-state index contributed by atoms with van der Waals surface area (Å²) in [7, 11) is 6.93. The van der Waals surface area contributed by atoms with Gasteiger partial charge in [-0.25, -0.2) is 10.9 Å². The molecule has 1 aromatic rings. The first-order valence-electron chi connectivity index (χ1n) is 23.1. The Kier molecular flexibility index (Phi) is 23.3. The molecule has 1 fully saturated rings. The topological polar surface area (TPSA) is 169 Å². The Hall–Kier alpha value is -3.21. The minimum Gasteiger partial charge on any atom is -0.379 e. The van der Waals surface area contributed by atoms with Gasteiger partial charge >= 0.3 is 0 Å². The number of carbonyl (C=O) groups is 4. The molecule has 0 unspecified atom stereocenters. The van der Waals surface area contributed by atoms with Crippen LogP contribution in [0.4, 0.5) is 0 Å². The van der Waals surface area contributed by atoms with E-state index in [0.29, 0.717) is 26.0 Å². The molecule has 0 aromatic carbocycles. The first-order valence-corrected chi connectivity index (χ1v) is 24.0. The lowest BCUT2D eigenvalue weighted by Crippen LogP contribution is -2.60.